The Morgan fingerprint density at radius 2 is 1.85 bits per heavy atom. The van der Waals surface area contributed by atoms with Crippen molar-refractivity contribution in [1.82, 2.24) is 5.43 Å². The first-order valence-electron chi connectivity index (χ1n) is 7.99. The van der Waals surface area contributed by atoms with Gasteiger partial charge in [-0.1, -0.05) is 12.1 Å². The van der Waals surface area contributed by atoms with Gasteiger partial charge in [0.05, 0.1) is 25.5 Å². The van der Waals surface area contributed by atoms with E-state index in [2.05, 4.69) is 10.5 Å². The van der Waals surface area contributed by atoms with Gasteiger partial charge in [0.25, 0.3) is 5.91 Å². The van der Waals surface area contributed by atoms with Crippen LogP contribution in [0.2, 0.25) is 0 Å². The van der Waals surface area contributed by atoms with Gasteiger partial charge in [0.1, 0.15) is 11.5 Å². The summed E-state index contributed by atoms with van der Waals surface area (Å²) in [5.41, 5.74) is 3.54. The molecule has 1 amide bonds. The van der Waals surface area contributed by atoms with E-state index in [1.807, 2.05) is 18.2 Å². The van der Waals surface area contributed by atoms with Crippen molar-refractivity contribution < 1.29 is 23.8 Å². The zero-order valence-corrected chi connectivity index (χ0v) is 14.6. The molecule has 0 aliphatic rings. The number of ether oxygens (including phenoxy) is 3. The Morgan fingerprint density at radius 3 is 2.54 bits per heavy atom. The highest BCUT2D eigenvalue weighted by atomic mass is 16.5. The van der Waals surface area contributed by atoms with Gasteiger partial charge in [-0.05, 0) is 43.3 Å². The third kappa shape index (κ3) is 5.62. The Morgan fingerprint density at radius 1 is 1.12 bits per heavy atom. The maximum atomic E-state index is 11.8. The molecule has 0 aliphatic heterocycles. The van der Waals surface area contributed by atoms with E-state index in [1.54, 1.807) is 44.4 Å². The van der Waals surface area contributed by atoms with Gasteiger partial charge in [-0.25, -0.2) is 10.2 Å². The summed E-state index contributed by atoms with van der Waals surface area (Å²) in [6.07, 6.45) is 1.49. The Labute approximate surface area is 151 Å². The van der Waals surface area contributed by atoms with Crippen molar-refractivity contribution in [2.75, 3.05) is 20.3 Å². The minimum Gasteiger partial charge on any atom is -0.496 e. The summed E-state index contributed by atoms with van der Waals surface area (Å²) in [5.74, 6) is 0.304. The largest absolute Gasteiger partial charge is 0.496 e. The summed E-state index contributed by atoms with van der Waals surface area (Å²) in [5, 5.41) is 3.87. The van der Waals surface area contributed by atoms with Crippen molar-refractivity contribution in [2.45, 2.75) is 6.92 Å². The van der Waals surface area contributed by atoms with Crippen LogP contribution in [0, 0.1) is 0 Å². The molecule has 136 valence electrons. The second-order valence-electron chi connectivity index (χ2n) is 5.07. The minimum atomic E-state index is -0.411. The fraction of sp³-hybridized carbons (Fsp3) is 0.211. The minimum absolute atomic E-state index is 0.206. The molecule has 0 radical (unpaired) electrons. The van der Waals surface area contributed by atoms with Crippen molar-refractivity contribution in [3.05, 3.63) is 59.7 Å². The molecule has 0 saturated carbocycles. The first-order valence-corrected chi connectivity index (χ1v) is 7.99. The van der Waals surface area contributed by atoms with Crippen molar-refractivity contribution in [3.63, 3.8) is 0 Å². The lowest BCUT2D eigenvalue weighted by Gasteiger charge is -2.06. The van der Waals surface area contributed by atoms with Crippen molar-refractivity contribution in [2.24, 2.45) is 5.10 Å². The SMILES string of the molecule is CCOC(=O)c1ccc(OCC(=O)N/N=C/c2ccccc2OC)cc1. The van der Waals surface area contributed by atoms with E-state index >= 15 is 0 Å². The molecule has 7 nitrogen and oxygen atoms in total. The summed E-state index contributed by atoms with van der Waals surface area (Å²) in [4.78, 5) is 23.3. The van der Waals surface area contributed by atoms with Crippen LogP contribution in [0.5, 0.6) is 11.5 Å². The quantitative estimate of drug-likeness (QED) is 0.446. The predicted molar refractivity (Wildman–Crippen MR) is 96.6 cm³/mol. The van der Waals surface area contributed by atoms with Crippen LogP contribution < -0.4 is 14.9 Å². The van der Waals surface area contributed by atoms with E-state index in [0.717, 1.165) is 5.56 Å². The lowest BCUT2D eigenvalue weighted by atomic mass is 10.2. The van der Waals surface area contributed by atoms with Crippen molar-refractivity contribution in [3.8, 4) is 11.5 Å². The molecule has 0 atom stereocenters. The van der Waals surface area contributed by atoms with Gasteiger partial charge < -0.3 is 14.2 Å². The molecule has 2 aromatic rings. The lowest BCUT2D eigenvalue weighted by molar-refractivity contribution is -0.123. The highest BCUT2D eigenvalue weighted by Gasteiger charge is 2.07. The molecule has 0 saturated heterocycles. The number of rotatable bonds is 8. The first kappa shape index (κ1) is 19.0. The third-order valence-electron chi connectivity index (χ3n) is 3.27. The average molecular weight is 356 g/mol. The van der Waals surface area contributed by atoms with E-state index in [1.165, 1.54) is 6.21 Å². The summed E-state index contributed by atoms with van der Waals surface area (Å²) < 4.78 is 15.4. The summed E-state index contributed by atoms with van der Waals surface area (Å²) in [7, 11) is 1.56. The smallest absolute Gasteiger partial charge is 0.338 e. The van der Waals surface area contributed by atoms with Crippen LogP contribution in [0.15, 0.2) is 53.6 Å². The van der Waals surface area contributed by atoms with Crippen LogP contribution in [0.1, 0.15) is 22.8 Å². The number of nitrogens with one attached hydrogen (secondary N) is 1. The Hall–Kier alpha value is -3.35. The molecular formula is C19H20N2O5. The number of hydrogen-bond acceptors (Lipinski definition) is 6. The van der Waals surface area contributed by atoms with E-state index in [9.17, 15) is 9.59 Å². The summed E-state index contributed by atoms with van der Waals surface area (Å²) >= 11 is 0. The molecule has 0 unspecified atom stereocenters. The normalized spacial score (nSPS) is 10.4. The van der Waals surface area contributed by atoms with Gasteiger partial charge in [-0.2, -0.15) is 5.10 Å². The molecule has 0 fully saturated rings. The van der Waals surface area contributed by atoms with Gasteiger partial charge >= 0.3 is 5.97 Å². The van der Waals surface area contributed by atoms with E-state index in [-0.39, 0.29) is 6.61 Å². The molecule has 0 aliphatic carbocycles. The molecule has 26 heavy (non-hydrogen) atoms. The fourth-order valence-electron chi connectivity index (χ4n) is 2.03. The van der Waals surface area contributed by atoms with Gasteiger partial charge in [0.2, 0.25) is 0 Å². The number of hydrogen-bond donors (Lipinski definition) is 1. The summed E-state index contributed by atoms with van der Waals surface area (Å²) in [6, 6.07) is 13.6. The van der Waals surface area contributed by atoms with E-state index < -0.39 is 11.9 Å². The van der Waals surface area contributed by atoms with Crippen LogP contribution in [-0.4, -0.2) is 38.4 Å². The Balaban J connectivity index is 1.81. The van der Waals surface area contributed by atoms with Gasteiger partial charge in [0.15, 0.2) is 6.61 Å². The van der Waals surface area contributed by atoms with Gasteiger partial charge in [-0.15, -0.1) is 0 Å². The van der Waals surface area contributed by atoms with Crippen molar-refractivity contribution in [1.29, 1.82) is 0 Å². The number of hydrazone groups is 1. The third-order valence-corrected chi connectivity index (χ3v) is 3.27. The van der Waals surface area contributed by atoms with E-state index in [4.69, 9.17) is 14.2 Å². The fourth-order valence-corrected chi connectivity index (χ4v) is 2.03. The second-order valence-corrected chi connectivity index (χ2v) is 5.07. The van der Waals surface area contributed by atoms with E-state index in [0.29, 0.717) is 23.7 Å². The topological polar surface area (TPSA) is 86.2 Å². The monoisotopic (exact) mass is 356 g/mol. The van der Waals surface area contributed by atoms with Crippen LogP contribution in [0.4, 0.5) is 0 Å². The second kappa shape index (κ2) is 9.83. The van der Waals surface area contributed by atoms with Crippen molar-refractivity contribution >= 4 is 18.1 Å². The zero-order valence-electron chi connectivity index (χ0n) is 14.6. The lowest BCUT2D eigenvalue weighted by Crippen LogP contribution is -2.24. The maximum absolute atomic E-state index is 11.8. The Bertz CT molecular complexity index is 772. The number of carbonyl (C=O) groups excluding carboxylic acids is 2. The molecule has 1 N–H and O–H groups in total. The number of carbonyl (C=O) groups is 2. The highest BCUT2D eigenvalue weighted by Crippen LogP contribution is 2.14. The number of methoxy groups -OCH3 is 1. The standard InChI is InChI=1S/C19H20N2O5/c1-3-25-19(23)14-8-10-16(11-9-14)26-13-18(22)21-20-12-15-6-4-5-7-17(15)24-2/h4-12H,3,13H2,1-2H3,(H,21,22)/b20-12+. The van der Waals surface area contributed by atoms with Crippen LogP contribution in [0.3, 0.4) is 0 Å². The first-order chi connectivity index (χ1) is 12.6. The maximum Gasteiger partial charge on any atom is 0.338 e. The zero-order chi connectivity index (χ0) is 18.8. The molecule has 0 spiro atoms. The number of benzene rings is 2. The molecular weight excluding hydrogens is 336 g/mol. The number of nitrogens with zero attached hydrogens (tertiary/aromatic N) is 1. The molecule has 0 bridgehead atoms. The summed E-state index contributed by atoms with van der Waals surface area (Å²) in [6.45, 7) is 1.85. The number of esters is 1. The highest BCUT2D eigenvalue weighted by molar-refractivity contribution is 5.89. The predicted octanol–water partition coefficient (Wildman–Crippen LogP) is 2.40. The van der Waals surface area contributed by atoms with Gasteiger partial charge in [-0.3, -0.25) is 4.79 Å². The molecule has 0 aromatic heterocycles. The van der Waals surface area contributed by atoms with Gasteiger partial charge in [0, 0.05) is 5.56 Å². The Kier molecular flexibility index (Phi) is 7.17. The number of amides is 1. The molecule has 2 aromatic carbocycles. The van der Waals surface area contributed by atoms with Crippen LogP contribution in [0.25, 0.3) is 0 Å². The number of para-hydroxylation sites is 1. The van der Waals surface area contributed by atoms with Crippen LogP contribution >= 0.6 is 0 Å². The molecule has 2 rings (SSSR count). The molecule has 7 heteroatoms. The molecule has 0 heterocycles. The van der Waals surface area contributed by atoms with Crippen LogP contribution in [-0.2, 0) is 9.53 Å². The average Bonchev–Trinajstić information content (AvgIpc) is 2.67.